The summed E-state index contributed by atoms with van der Waals surface area (Å²) < 4.78 is 11.3. The molecule has 5 nitrogen and oxygen atoms in total. The molecule has 0 saturated heterocycles. The average Bonchev–Trinajstić information content (AvgIpc) is 2.56. The Balaban J connectivity index is 2.07. The van der Waals surface area contributed by atoms with E-state index >= 15 is 0 Å². The first-order valence-electron chi connectivity index (χ1n) is 8.29. The van der Waals surface area contributed by atoms with Crippen LogP contribution in [-0.4, -0.2) is 34.9 Å². The summed E-state index contributed by atoms with van der Waals surface area (Å²) in [6, 6.07) is 3.44. The van der Waals surface area contributed by atoms with Gasteiger partial charge in [0.1, 0.15) is 11.5 Å². The molecule has 6 heteroatoms. The molecule has 1 atom stereocenters. The predicted molar refractivity (Wildman–Crippen MR) is 94.6 cm³/mol. The molecule has 0 spiro atoms. The highest BCUT2D eigenvalue weighted by molar-refractivity contribution is 9.09. The molecule has 1 aromatic rings. The number of aliphatic carboxylic acids is 1. The third-order valence-corrected chi connectivity index (χ3v) is 4.61. The minimum atomic E-state index is -0.967. The minimum absolute atomic E-state index is 0.0625. The highest BCUT2D eigenvalue weighted by atomic mass is 79.9. The maximum Gasteiger partial charge on any atom is 0.344 e. The van der Waals surface area contributed by atoms with Crippen molar-refractivity contribution in [1.29, 1.82) is 0 Å². The van der Waals surface area contributed by atoms with Crippen LogP contribution in [0.4, 0.5) is 0 Å². The quantitative estimate of drug-likeness (QED) is 0.386. The number of carboxylic acids is 1. The number of hydrogen-bond acceptors (Lipinski definition) is 4. The van der Waals surface area contributed by atoms with E-state index in [1.165, 1.54) is 6.92 Å². The van der Waals surface area contributed by atoms with Gasteiger partial charge in [-0.15, -0.1) is 0 Å². The van der Waals surface area contributed by atoms with Crippen LogP contribution in [0.25, 0.3) is 0 Å². The molecule has 1 aliphatic rings. The standard InChI is InChI=1S/C18H23BrO5/c1-12(20)14-10-13-6-7-15(18(21)22)24-16(13)11-17(14)23-9-5-3-2-4-8-19/h10-11,15H,2-9H2,1H3,(H,21,22). The number of ether oxygens (including phenoxy) is 2. The van der Waals surface area contributed by atoms with Crippen LogP contribution in [0.1, 0.15) is 54.9 Å². The maximum absolute atomic E-state index is 11.9. The van der Waals surface area contributed by atoms with E-state index in [1.54, 1.807) is 12.1 Å². The van der Waals surface area contributed by atoms with Gasteiger partial charge in [0.2, 0.25) is 0 Å². The van der Waals surface area contributed by atoms with Gasteiger partial charge in [0.05, 0.1) is 12.2 Å². The molecule has 132 valence electrons. The van der Waals surface area contributed by atoms with E-state index < -0.39 is 12.1 Å². The van der Waals surface area contributed by atoms with Gasteiger partial charge in [-0.1, -0.05) is 28.8 Å². The number of rotatable bonds is 9. The molecule has 0 bridgehead atoms. The number of halogens is 1. The molecule has 1 N–H and O–H groups in total. The Bertz CT molecular complexity index is 599. The lowest BCUT2D eigenvalue weighted by Crippen LogP contribution is -2.31. The second-order valence-electron chi connectivity index (χ2n) is 5.95. The number of aryl methyl sites for hydroxylation is 1. The molecule has 24 heavy (non-hydrogen) atoms. The van der Waals surface area contributed by atoms with Crippen molar-refractivity contribution in [2.45, 2.75) is 51.6 Å². The molecule has 0 fully saturated rings. The van der Waals surface area contributed by atoms with Crippen LogP contribution in [0, 0.1) is 0 Å². The van der Waals surface area contributed by atoms with Crippen molar-refractivity contribution in [3.63, 3.8) is 0 Å². The molecule has 0 aliphatic carbocycles. The minimum Gasteiger partial charge on any atom is -0.493 e. The van der Waals surface area contributed by atoms with Gasteiger partial charge in [0.25, 0.3) is 0 Å². The molecule has 1 unspecified atom stereocenters. The predicted octanol–water partition coefficient (Wildman–Crippen LogP) is 4.00. The summed E-state index contributed by atoms with van der Waals surface area (Å²) in [6.45, 7) is 2.04. The molecule has 0 saturated carbocycles. The Morgan fingerprint density at radius 1 is 1.29 bits per heavy atom. The topological polar surface area (TPSA) is 72.8 Å². The molecule has 1 aliphatic heterocycles. The molecule has 0 aromatic heterocycles. The first-order valence-corrected chi connectivity index (χ1v) is 9.41. The number of carbonyl (C=O) groups excluding carboxylic acids is 1. The second-order valence-corrected chi connectivity index (χ2v) is 6.74. The Kier molecular flexibility index (Phi) is 7.09. The molecular formula is C18H23BrO5. The smallest absolute Gasteiger partial charge is 0.344 e. The molecule has 0 amide bonds. The van der Waals surface area contributed by atoms with Crippen LogP contribution >= 0.6 is 15.9 Å². The summed E-state index contributed by atoms with van der Waals surface area (Å²) in [7, 11) is 0. The van der Waals surface area contributed by atoms with Gasteiger partial charge in [-0.25, -0.2) is 4.79 Å². The third-order valence-electron chi connectivity index (χ3n) is 4.05. The number of ketones is 1. The molecular weight excluding hydrogens is 376 g/mol. The lowest BCUT2D eigenvalue weighted by molar-refractivity contribution is -0.145. The van der Waals surface area contributed by atoms with Gasteiger partial charge >= 0.3 is 5.97 Å². The Hall–Kier alpha value is -1.56. The normalized spacial score (nSPS) is 16.2. The zero-order valence-electron chi connectivity index (χ0n) is 13.8. The van der Waals surface area contributed by atoms with E-state index in [0.29, 0.717) is 36.5 Å². The van der Waals surface area contributed by atoms with Crippen LogP contribution in [0.15, 0.2) is 12.1 Å². The summed E-state index contributed by atoms with van der Waals surface area (Å²) in [6.07, 6.45) is 4.43. The molecule has 1 heterocycles. The number of fused-ring (bicyclic) bond motifs is 1. The first-order chi connectivity index (χ1) is 11.5. The second kappa shape index (κ2) is 9.06. The van der Waals surface area contributed by atoms with Crippen molar-refractivity contribution in [1.82, 2.24) is 0 Å². The van der Waals surface area contributed by atoms with E-state index in [2.05, 4.69) is 15.9 Å². The molecule has 0 radical (unpaired) electrons. The lowest BCUT2D eigenvalue weighted by Gasteiger charge is -2.24. The van der Waals surface area contributed by atoms with Crippen molar-refractivity contribution < 1.29 is 24.2 Å². The van der Waals surface area contributed by atoms with Gasteiger partial charge in [0.15, 0.2) is 11.9 Å². The van der Waals surface area contributed by atoms with Gasteiger partial charge in [0, 0.05) is 11.4 Å². The van der Waals surface area contributed by atoms with Gasteiger partial charge in [-0.2, -0.15) is 0 Å². The van der Waals surface area contributed by atoms with Crippen LogP contribution in [-0.2, 0) is 11.2 Å². The first kappa shape index (κ1) is 18.8. The average molecular weight is 399 g/mol. The summed E-state index contributed by atoms with van der Waals surface area (Å²) in [5, 5.41) is 10.1. The number of alkyl halides is 1. The zero-order valence-corrected chi connectivity index (χ0v) is 15.4. The van der Waals surface area contributed by atoms with Gasteiger partial charge in [-0.05, 0) is 44.2 Å². The number of Topliss-reactive ketones (excluding diaryl/α,β-unsaturated/α-hetero) is 1. The highest BCUT2D eigenvalue weighted by Gasteiger charge is 2.27. The van der Waals surface area contributed by atoms with E-state index in [4.69, 9.17) is 14.6 Å². The van der Waals surface area contributed by atoms with E-state index in [9.17, 15) is 9.59 Å². The Morgan fingerprint density at radius 2 is 2.04 bits per heavy atom. The fourth-order valence-electron chi connectivity index (χ4n) is 2.71. The van der Waals surface area contributed by atoms with Crippen molar-refractivity contribution >= 4 is 27.7 Å². The van der Waals surface area contributed by atoms with Gasteiger partial charge < -0.3 is 14.6 Å². The highest BCUT2D eigenvalue weighted by Crippen LogP contribution is 2.34. The summed E-state index contributed by atoms with van der Waals surface area (Å²) >= 11 is 3.41. The fourth-order valence-corrected chi connectivity index (χ4v) is 3.11. The Labute approximate surface area is 150 Å². The van der Waals surface area contributed by atoms with Crippen LogP contribution in [0.2, 0.25) is 0 Å². The van der Waals surface area contributed by atoms with Crippen LogP contribution in [0.3, 0.4) is 0 Å². The number of hydrogen-bond donors (Lipinski definition) is 1. The van der Waals surface area contributed by atoms with Crippen molar-refractivity contribution in [3.8, 4) is 11.5 Å². The number of carbonyl (C=O) groups is 2. The Morgan fingerprint density at radius 3 is 2.71 bits per heavy atom. The van der Waals surface area contributed by atoms with E-state index in [1.807, 2.05) is 0 Å². The third kappa shape index (κ3) is 4.97. The van der Waals surface area contributed by atoms with Gasteiger partial charge in [-0.3, -0.25) is 4.79 Å². The van der Waals surface area contributed by atoms with E-state index in [-0.39, 0.29) is 5.78 Å². The fraction of sp³-hybridized carbons (Fsp3) is 0.556. The van der Waals surface area contributed by atoms with Crippen molar-refractivity contribution in [2.24, 2.45) is 0 Å². The SMILES string of the molecule is CC(=O)c1cc2c(cc1OCCCCCCBr)OC(C(=O)O)CC2. The van der Waals surface area contributed by atoms with Crippen LogP contribution in [0.5, 0.6) is 11.5 Å². The molecule has 2 rings (SSSR count). The zero-order chi connectivity index (χ0) is 17.5. The lowest BCUT2D eigenvalue weighted by atomic mass is 9.98. The maximum atomic E-state index is 11.9. The summed E-state index contributed by atoms with van der Waals surface area (Å²) in [5.74, 6) is -0.0429. The molecule has 1 aromatic carbocycles. The number of carboxylic acid groups (broad SMARTS) is 1. The monoisotopic (exact) mass is 398 g/mol. The summed E-state index contributed by atoms with van der Waals surface area (Å²) in [5.41, 5.74) is 1.40. The summed E-state index contributed by atoms with van der Waals surface area (Å²) in [4.78, 5) is 23.0. The van der Waals surface area contributed by atoms with Crippen molar-refractivity contribution in [3.05, 3.63) is 23.3 Å². The number of unbranched alkanes of at least 4 members (excludes halogenated alkanes) is 3. The largest absolute Gasteiger partial charge is 0.493 e. The van der Waals surface area contributed by atoms with E-state index in [0.717, 1.165) is 36.6 Å². The van der Waals surface area contributed by atoms with Crippen molar-refractivity contribution in [2.75, 3.05) is 11.9 Å². The number of benzene rings is 1. The van der Waals surface area contributed by atoms with Crippen LogP contribution < -0.4 is 9.47 Å².